The number of hydrogen-bond donors (Lipinski definition) is 1. The van der Waals surface area contributed by atoms with E-state index in [0.29, 0.717) is 32.8 Å². The molecule has 0 unspecified atom stereocenters. The molecule has 3 fully saturated rings. The van der Waals surface area contributed by atoms with Gasteiger partial charge in [0.1, 0.15) is 17.8 Å². The zero-order chi connectivity index (χ0) is 18.1. The number of benzene rings is 1. The summed E-state index contributed by atoms with van der Waals surface area (Å²) in [5.41, 5.74) is -0.813. The molecule has 140 valence electrons. The molecule has 1 aromatic rings. The first kappa shape index (κ1) is 17.3. The van der Waals surface area contributed by atoms with Crippen molar-refractivity contribution in [2.24, 2.45) is 17.3 Å². The Bertz CT molecular complexity index is 676. The van der Waals surface area contributed by atoms with E-state index in [9.17, 15) is 14.7 Å². The van der Waals surface area contributed by atoms with E-state index in [-0.39, 0.29) is 17.7 Å². The lowest BCUT2D eigenvalue weighted by atomic mass is 9.81. The van der Waals surface area contributed by atoms with Crippen LogP contribution in [0.3, 0.4) is 0 Å². The fourth-order valence-corrected chi connectivity index (χ4v) is 4.53. The van der Waals surface area contributed by atoms with Crippen LogP contribution in [0, 0.1) is 17.3 Å². The van der Waals surface area contributed by atoms with Gasteiger partial charge in [0.25, 0.3) is 0 Å². The average molecular weight is 358 g/mol. The van der Waals surface area contributed by atoms with Crippen LogP contribution in [0.15, 0.2) is 30.3 Å². The Morgan fingerprint density at radius 3 is 2.54 bits per heavy atom. The van der Waals surface area contributed by atoms with Gasteiger partial charge in [0.2, 0.25) is 5.91 Å². The van der Waals surface area contributed by atoms with Crippen molar-refractivity contribution in [2.75, 3.05) is 39.3 Å². The molecule has 1 aliphatic carbocycles. The minimum absolute atomic E-state index is 0.0146. The highest BCUT2D eigenvalue weighted by atomic mass is 16.5. The lowest BCUT2D eigenvalue weighted by Gasteiger charge is -2.31. The molecular weight excluding hydrogens is 332 g/mol. The molecule has 4 rings (SSSR count). The minimum atomic E-state index is -0.813. The lowest BCUT2D eigenvalue weighted by molar-refractivity contribution is -0.149. The Morgan fingerprint density at radius 1 is 1.15 bits per heavy atom. The second-order valence-electron chi connectivity index (χ2n) is 7.90. The van der Waals surface area contributed by atoms with Gasteiger partial charge < -0.3 is 14.7 Å². The van der Waals surface area contributed by atoms with Crippen molar-refractivity contribution in [2.45, 2.75) is 19.3 Å². The molecule has 2 atom stereocenters. The van der Waals surface area contributed by atoms with Crippen LogP contribution in [0.25, 0.3) is 0 Å². The Labute approximate surface area is 153 Å². The summed E-state index contributed by atoms with van der Waals surface area (Å²) < 4.78 is 5.74. The van der Waals surface area contributed by atoms with E-state index in [1.165, 1.54) is 0 Å². The topological polar surface area (TPSA) is 70.1 Å². The molecule has 26 heavy (non-hydrogen) atoms. The molecule has 1 saturated carbocycles. The number of amides is 1. The smallest absolute Gasteiger partial charge is 0.313 e. The first-order chi connectivity index (χ1) is 12.6. The SMILES string of the molecule is O=C(C1CCC1)N1C[C@@H]2CN(CCOc3ccccc3)C[C@]2(C(=O)O)C1. The maximum absolute atomic E-state index is 12.5. The third kappa shape index (κ3) is 3.07. The molecule has 0 aromatic heterocycles. The van der Waals surface area contributed by atoms with Gasteiger partial charge in [-0.1, -0.05) is 24.6 Å². The Kier molecular flexibility index (Phi) is 4.61. The summed E-state index contributed by atoms with van der Waals surface area (Å²) in [6.07, 6.45) is 3.04. The average Bonchev–Trinajstić information content (AvgIpc) is 3.09. The summed E-state index contributed by atoms with van der Waals surface area (Å²) >= 11 is 0. The van der Waals surface area contributed by atoms with E-state index in [2.05, 4.69) is 4.90 Å². The summed E-state index contributed by atoms with van der Waals surface area (Å²) in [6.45, 7) is 3.41. The Morgan fingerprint density at radius 2 is 1.92 bits per heavy atom. The van der Waals surface area contributed by atoms with Crippen LogP contribution in [-0.2, 0) is 9.59 Å². The number of fused-ring (bicyclic) bond motifs is 1. The number of carboxylic acids is 1. The normalized spacial score (nSPS) is 28.6. The van der Waals surface area contributed by atoms with Gasteiger partial charge in [0.15, 0.2) is 0 Å². The van der Waals surface area contributed by atoms with Crippen LogP contribution < -0.4 is 4.74 Å². The highest BCUT2D eigenvalue weighted by Gasteiger charge is 2.58. The van der Waals surface area contributed by atoms with E-state index in [1.807, 2.05) is 35.2 Å². The number of hydrogen-bond acceptors (Lipinski definition) is 4. The molecule has 0 radical (unpaired) electrons. The Balaban J connectivity index is 1.34. The van der Waals surface area contributed by atoms with E-state index in [1.54, 1.807) is 0 Å². The van der Waals surface area contributed by atoms with Gasteiger partial charge in [-0.3, -0.25) is 14.5 Å². The predicted octanol–water partition coefficient (Wildman–Crippen LogP) is 1.71. The van der Waals surface area contributed by atoms with Crippen LogP contribution in [0.4, 0.5) is 0 Å². The highest BCUT2D eigenvalue weighted by molar-refractivity contribution is 5.83. The van der Waals surface area contributed by atoms with Crippen LogP contribution in [0.5, 0.6) is 5.75 Å². The molecule has 0 bridgehead atoms. The van der Waals surface area contributed by atoms with Crippen molar-refractivity contribution in [1.82, 2.24) is 9.80 Å². The van der Waals surface area contributed by atoms with Gasteiger partial charge in [0, 0.05) is 44.6 Å². The molecule has 6 heteroatoms. The predicted molar refractivity (Wildman–Crippen MR) is 95.9 cm³/mol. The Hall–Kier alpha value is -2.08. The molecule has 2 saturated heterocycles. The fourth-order valence-electron chi connectivity index (χ4n) is 4.53. The fraction of sp³-hybridized carbons (Fsp3) is 0.600. The van der Waals surface area contributed by atoms with Crippen LogP contribution >= 0.6 is 0 Å². The third-order valence-corrected chi connectivity index (χ3v) is 6.29. The van der Waals surface area contributed by atoms with Gasteiger partial charge in [-0.15, -0.1) is 0 Å². The summed E-state index contributed by atoms with van der Waals surface area (Å²) in [7, 11) is 0. The largest absolute Gasteiger partial charge is 0.492 e. The van der Waals surface area contributed by atoms with Crippen molar-refractivity contribution in [3.8, 4) is 5.75 Å². The van der Waals surface area contributed by atoms with E-state index < -0.39 is 11.4 Å². The second kappa shape index (κ2) is 6.91. The maximum atomic E-state index is 12.5. The van der Waals surface area contributed by atoms with Crippen molar-refractivity contribution in [3.63, 3.8) is 0 Å². The quantitative estimate of drug-likeness (QED) is 0.838. The number of carboxylic acid groups (broad SMARTS) is 1. The number of ether oxygens (including phenoxy) is 1. The van der Waals surface area contributed by atoms with Crippen molar-refractivity contribution < 1.29 is 19.4 Å². The molecule has 1 amide bonds. The van der Waals surface area contributed by atoms with Crippen LogP contribution in [-0.4, -0.2) is 66.1 Å². The number of rotatable bonds is 6. The molecule has 3 aliphatic rings. The molecule has 1 aromatic carbocycles. The highest BCUT2D eigenvalue weighted by Crippen LogP contribution is 2.44. The lowest BCUT2D eigenvalue weighted by Crippen LogP contribution is -2.44. The summed E-state index contributed by atoms with van der Waals surface area (Å²) in [5, 5.41) is 9.91. The monoisotopic (exact) mass is 358 g/mol. The molecular formula is C20H26N2O4. The standard InChI is InChI=1S/C20H26N2O4/c23-18(15-5-4-6-15)22-12-16-11-21(13-20(16,14-22)19(24)25)9-10-26-17-7-2-1-3-8-17/h1-3,7-8,15-16H,4-6,9-14H2,(H,24,25)/t16-,20-/m0/s1. The maximum Gasteiger partial charge on any atom is 0.313 e. The van der Waals surface area contributed by atoms with Crippen molar-refractivity contribution in [1.29, 1.82) is 0 Å². The zero-order valence-corrected chi connectivity index (χ0v) is 15.0. The number of para-hydroxylation sites is 1. The summed E-state index contributed by atoms with van der Waals surface area (Å²) in [6, 6.07) is 9.65. The number of nitrogens with zero attached hydrogens (tertiary/aromatic N) is 2. The van der Waals surface area contributed by atoms with Crippen LogP contribution in [0.1, 0.15) is 19.3 Å². The van der Waals surface area contributed by atoms with Crippen molar-refractivity contribution >= 4 is 11.9 Å². The molecule has 6 nitrogen and oxygen atoms in total. The van der Waals surface area contributed by atoms with Crippen LogP contribution in [0.2, 0.25) is 0 Å². The number of carbonyl (C=O) groups excluding carboxylic acids is 1. The molecule has 1 N–H and O–H groups in total. The van der Waals surface area contributed by atoms with Gasteiger partial charge in [-0.05, 0) is 25.0 Å². The third-order valence-electron chi connectivity index (χ3n) is 6.29. The van der Waals surface area contributed by atoms with Gasteiger partial charge in [-0.25, -0.2) is 0 Å². The minimum Gasteiger partial charge on any atom is -0.492 e. The number of carbonyl (C=O) groups is 2. The first-order valence-corrected chi connectivity index (χ1v) is 9.51. The number of aliphatic carboxylic acids is 1. The molecule has 2 heterocycles. The van der Waals surface area contributed by atoms with Gasteiger partial charge in [0.05, 0.1) is 0 Å². The van der Waals surface area contributed by atoms with Gasteiger partial charge in [-0.2, -0.15) is 0 Å². The van der Waals surface area contributed by atoms with Crippen molar-refractivity contribution in [3.05, 3.63) is 30.3 Å². The summed E-state index contributed by atoms with van der Waals surface area (Å²) in [4.78, 5) is 28.6. The summed E-state index contributed by atoms with van der Waals surface area (Å²) in [5.74, 6) is 0.385. The molecule has 2 aliphatic heterocycles. The zero-order valence-electron chi connectivity index (χ0n) is 15.0. The van der Waals surface area contributed by atoms with Gasteiger partial charge >= 0.3 is 5.97 Å². The van der Waals surface area contributed by atoms with E-state index >= 15 is 0 Å². The van der Waals surface area contributed by atoms with E-state index in [0.717, 1.165) is 31.6 Å². The molecule has 0 spiro atoms. The van der Waals surface area contributed by atoms with E-state index in [4.69, 9.17) is 4.74 Å². The number of likely N-dealkylation sites (tertiary alicyclic amines) is 2. The second-order valence-corrected chi connectivity index (χ2v) is 7.90. The first-order valence-electron chi connectivity index (χ1n) is 9.51.